The van der Waals surface area contributed by atoms with E-state index in [9.17, 15) is 15.2 Å². The number of hydrogen-bond donors (Lipinski definition) is 1. The zero-order chi connectivity index (χ0) is 17.8. The summed E-state index contributed by atoms with van der Waals surface area (Å²) in [6.45, 7) is 2.40. The normalized spacial score (nSPS) is 11.2. The van der Waals surface area contributed by atoms with Crippen LogP contribution in [0.2, 0.25) is 0 Å². The zero-order valence-corrected chi connectivity index (χ0v) is 16.4. The van der Waals surface area contributed by atoms with E-state index in [0.29, 0.717) is 6.54 Å². The summed E-state index contributed by atoms with van der Waals surface area (Å²) in [5.41, 5.74) is 3.75. The lowest BCUT2D eigenvalue weighted by Crippen LogP contribution is -3.00. The summed E-state index contributed by atoms with van der Waals surface area (Å²) in [5.74, 6) is 0. The smallest absolute Gasteiger partial charge is 0.269 e. The zero-order valence-electron chi connectivity index (χ0n) is 14.0. The summed E-state index contributed by atoms with van der Waals surface area (Å²) >= 11 is 1.47. The van der Waals surface area contributed by atoms with Crippen molar-refractivity contribution < 1.29 is 27.0 Å². The quantitative estimate of drug-likeness (QED) is 0.473. The highest BCUT2D eigenvalue weighted by Gasteiger charge is 2.10. The predicted octanol–water partition coefficient (Wildman–Crippen LogP) is 0.662. The molecule has 0 saturated heterocycles. The molecule has 1 heterocycles. The molecule has 0 fully saturated rings. The second kappa shape index (κ2) is 8.88. The van der Waals surface area contributed by atoms with Gasteiger partial charge in [0.1, 0.15) is 0 Å². The topological polar surface area (TPSA) is 80.7 Å². The Morgan fingerprint density at radius 2 is 1.96 bits per heavy atom. The highest BCUT2D eigenvalue weighted by Crippen LogP contribution is 2.23. The van der Waals surface area contributed by atoms with Gasteiger partial charge in [0.2, 0.25) is 0 Å². The van der Waals surface area contributed by atoms with Crippen LogP contribution < -0.4 is 21.8 Å². The molecule has 0 saturated carbocycles. The van der Waals surface area contributed by atoms with Gasteiger partial charge in [-0.3, -0.25) is 10.1 Å². The van der Waals surface area contributed by atoms with E-state index in [1.807, 2.05) is 41.1 Å². The SMILES string of the molecule is Cc1cccc(N=c2scc(-c3ccc([N+](=O)[O-])cc3)n2CCO)c1.[Br-]. The fourth-order valence-corrected chi connectivity index (χ4v) is 3.48. The minimum atomic E-state index is -0.419. The summed E-state index contributed by atoms with van der Waals surface area (Å²) < 4.78 is 1.92. The number of non-ortho nitro benzene ring substituents is 1. The molecule has 136 valence electrons. The van der Waals surface area contributed by atoms with Crippen LogP contribution in [0.3, 0.4) is 0 Å². The van der Waals surface area contributed by atoms with E-state index >= 15 is 0 Å². The fraction of sp³-hybridized carbons (Fsp3) is 0.167. The Morgan fingerprint density at radius 1 is 1.23 bits per heavy atom. The van der Waals surface area contributed by atoms with Gasteiger partial charge in [0.25, 0.3) is 5.69 Å². The van der Waals surface area contributed by atoms with Crippen LogP contribution in [-0.2, 0) is 6.54 Å². The van der Waals surface area contributed by atoms with Crippen LogP contribution in [0.15, 0.2) is 58.9 Å². The molecule has 1 N–H and O–H groups in total. The van der Waals surface area contributed by atoms with Crippen molar-refractivity contribution in [1.29, 1.82) is 0 Å². The van der Waals surface area contributed by atoms with Crippen molar-refractivity contribution >= 4 is 22.7 Å². The molecule has 0 unspecified atom stereocenters. The number of nitro groups is 1. The first-order valence-corrected chi connectivity index (χ1v) is 8.62. The first-order chi connectivity index (χ1) is 12.1. The van der Waals surface area contributed by atoms with Crippen molar-refractivity contribution in [2.75, 3.05) is 6.61 Å². The molecule has 8 heteroatoms. The fourth-order valence-electron chi connectivity index (χ4n) is 2.53. The lowest BCUT2D eigenvalue weighted by Gasteiger charge is -2.07. The molecule has 0 amide bonds. The number of halogens is 1. The standard InChI is InChI=1S/C18H17N3O3S.BrH/c1-13-3-2-4-15(11-13)19-18-20(9-10-22)17(12-25-18)14-5-7-16(8-6-14)21(23)24;/h2-8,11-12,22H,9-10H2,1H3;1H/p-1. The number of nitro benzene ring substituents is 1. The van der Waals surface area contributed by atoms with Crippen LogP contribution in [-0.4, -0.2) is 21.2 Å². The molecule has 6 nitrogen and oxygen atoms in total. The lowest BCUT2D eigenvalue weighted by atomic mass is 10.1. The van der Waals surface area contributed by atoms with Gasteiger partial charge in [0.15, 0.2) is 4.80 Å². The number of aromatic nitrogens is 1. The Labute approximate surface area is 165 Å². The summed E-state index contributed by atoms with van der Waals surface area (Å²) in [6.07, 6.45) is 0. The number of aliphatic hydroxyl groups is 1. The van der Waals surface area contributed by atoms with Crippen LogP contribution in [0.4, 0.5) is 11.4 Å². The molecule has 0 aliphatic rings. The van der Waals surface area contributed by atoms with Crippen molar-refractivity contribution in [3.63, 3.8) is 0 Å². The molecule has 0 aliphatic heterocycles. The van der Waals surface area contributed by atoms with Crippen molar-refractivity contribution in [3.05, 3.63) is 74.4 Å². The van der Waals surface area contributed by atoms with Gasteiger partial charge in [0.05, 0.1) is 22.9 Å². The molecule has 0 bridgehead atoms. The Hall–Kier alpha value is -2.29. The van der Waals surface area contributed by atoms with E-state index in [0.717, 1.165) is 27.3 Å². The third kappa shape index (κ3) is 4.46. The Balaban J connectivity index is 0.00000243. The van der Waals surface area contributed by atoms with Gasteiger partial charge in [-0.1, -0.05) is 12.1 Å². The van der Waals surface area contributed by atoms with E-state index in [1.165, 1.54) is 23.5 Å². The van der Waals surface area contributed by atoms with E-state index in [2.05, 4.69) is 4.99 Å². The monoisotopic (exact) mass is 434 g/mol. The Morgan fingerprint density at radius 3 is 2.58 bits per heavy atom. The van der Waals surface area contributed by atoms with Gasteiger partial charge < -0.3 is 26.7 Å². The largest absolute Gasteiger partial charge is 1.00 e. The number of aliphatic hydroxyl groups excluding tert-OH is 1. The molecule has 2 aromatic carbocycles. The molecular formula is C18H17BrN3O3S-. The van der Waals surface area contributed by atoms with Crippen LogP contribution in [0.25, 0.3) is 11.3 Å². The van der Waals surface area contributed by atoms with E-state index < -0.39 is 4.92 Å². The van der Waals surface area contributed by atoms with Crippen molar-refractivity contribution in [2.45, 2.75) is 13.5 Å². The third-order valence-electron chi connectivity index (χ3n) is 3.72. The minimum absolute atomic E-state index is 0. The second-order valence-corrected chi connectivity index (χ2v) is 6.37. The van der Waals surface area contributed by atoms with Crippen LogP contribution in [0.1, 0.15) is 5.56 Å². The molecule has 3 aromatic rings. The highest BCUT2D eigenvalue weighted by molar-refractivity contribution is 7.07. The Kier molecular flexibility index (Phi) is 6.84. The van der Waals surface area contributed by atoms with Crippen molar-refractivity contribution in [3.8, 4) is 11.3 Å². The molecular weight excluding hydrogens is 418 g/mol. The summed E-state index contributed by atoms with van der Waals surface area (Å²) in [4.78, 5) is 15.8. The lowest BCUT2D eigenvalue weighted by molar-refractivity contribution is -0.384. The van der Waals surface area contributed by atoms with Gasteiger partial charge in [0, 0.05) is 24.1 Å². The average molecular weight is 435 g/mol. The third-order valence-corrected chi connectivity index (χ3v) is 4.59. The number of benzene rings is 2. The maximum atomic E-state index is 10.8. The summed E-state index contributed by atoms with van der Waals surface area (Å²) in [6, 6.07) is 14.3. The first kappa shape index (κ1) is 20.0. The number of nitrogens with zero attached hydrogens (tertiary/aromatic N) is 3. The second-order valence-electron chi connectivity index (χ2n) is 5.53. The maximum Gasteiger partial charge on any atom is 0.269 e. The van der Waals surface area contributed by atoms with Crippen LogP contribution in [0.5, 0.6) is 0 Å². The Bertz CT molecular complexity index is 964. The first-order valence-electron chi connectivity index (χ1n) is 7.74. The summed E-state index contributed by atoms with van der Waals surface area (Å²) in [5, 5.41) is 22.2. The number of rotatable bonds is 5. The molecule has 26 heavy (non-hydrogen) atoms. The predicted molar refractivity (Wildman–Crippen MR) is 97.9 cm³/mol. The molecule has 1 aromatic heterocycles. The van der Waals surface area contributed by atoms with Gasteiger partial charge in [-0.15, -0.1) is 11.3 Å². The molecule has 0 radical (unpaired) electrons. The highest BCUT2D eigenvalue weighted by atomic mass is 79.9. The number of aryl methyl sites for hydroxylation is 1. The van der Waals surface area contributed by atoms with Crippen LogP contribution in [0, 0.1) is 17.0 Å². The van der Waals surface area contributed by atoms with Crippen LogP contribution >= 0.6 is 11.3 Å². The maximum absolute atomic E-state index is 10.8. The number of thiazole rings is 1. The van der Waals surface area contributed by atoms with E-state index in [-0.39, 0.29) is 29.3 Å². The number of hydrogen-bond acceptors (Lipinski definition) is 5. The molecule has 0 atom stereocenters. The molecule has 0 spiro atoms. The molecule has 0 aliphatic carbocycles. The van der Waals surface area contributed by atoms with Gasteiger partial charge >= 0.3 is 0 Å². The van der Waals surface area contributed by atoms with Crippen molar-refractivity contribution in [2.24, 2.45) is 4.99 Å². The summed E-state index contributed by atoms with van der Waals surface area (Å²) in [7, 11) is 0. The average Bonchev–Trinajstić information content (AvgIpc) is 2.98. The van der Waals surface area contributed by atoms with E-state index in [4.69, 9.17) is 0 Å². The van der Waals surface area contributed by atoms with Gasteiger partial charge in [-0.2, -0.15) is 0 Å². The van der Waals surface area contributed by atoms with Gasteiger partial charge in [-0.05, 0) is 42.3 Å². The van der Waals surface area contributed by atoms with Gasteiger partial charge in [-0.25, -0.2) is 4.99 Å². The van der Waals surface area contributed by atoms with Crippen molar-refractivity contribution in [1.82, 2.24) is 4.57 Å². The molecule has 3 rings (SSSR count). The van der Waals surface area contributed by atoms with E-state index in [1.54, 1.807) is 12.1 Å². The minimum Gasteiger partial charge on any atom is -1.00 e.